The van der Waals surface area contributed by atoms with Crippen molar-refractivity contribution in [1.29, 1.82) is 0 Å². The molecule has 1 rings (SSSR count). The highest BCUT2D eigenvalue weighted by molar-refractivity contribution is 8.02. The van der Waals surface area contributed by atoms with Crippen molar-refractivity contribution in [1.82, 2.24) is 10.0 Å². The topological polar surface area (TPSA) is 18.8 Å². The average Bonchev–Trinajstić information content (AvgIpc) is 1.95. The van der Waals surface area contributed by atoms with E-state index < -0.39 is 0 Å². The molecule has 1 aliphatic rings. The van der Waals surface area contributed by atoms with Gasteiger partial charge in [0.15, 0.2) is 0 Å². The van der Waals surface area contributed by atoms with Crippen LogP contribution >= 0.6 is 11.8 Å². The molecule has 0 aromatic heterocycles. The van der Waals surface area contributed by atoms with E-state index in [2.05, 4.69) is 4.99 Å². The van der Waals surface area contributed by atoms with E-state index in [4.69, 9.17) is 0 Å². The molecule has 0 spiro atoms. The summed E-state index contributed by atoms with van der Waals surface area (Å²) in [7, 11) is 3.94. The molecule has 0 atom stereocenters. The highest BCUT2D eigenvalue weighted by Gasteiger charge is 2.03. The van der Waals surface area contributed by atoms with E-state index in [0.717, 1.165) is 5.03 Å². The third kappa shape index (κ3) is 1.44. The molecule has 10 heavy (non-hydrogen) atoms. The number of hydrazine groups is 1. The molecule has 0 aromatic rings. The minimum atomic E-state index is 1.04. The third-order valence-corrected chi connectivity index (χ3v) is 1.99. The van der Waals surface area contributed by atoms with Gasteiger partial charge in [-0.05, 0) is 6.26 Å². The van der Waals surface area contributed by atoms with Crippen molar-refractivity contribution in [2.24, 2.45) is 4.99 Å². The van der Waals surface area contributed by atoms with E-state index in [1.165, 1.54) is 0 Å². The Labute approximate surface area is 65.4 Å². The molecule has 4 heteroatoms. The van der Waals surface area contributed by atoms with E-state index in [-0.39, 0.29) is 0 Å². The Morgan fingerprint density at radius 1 is 1.40 bits per heavy atom. The summed E-state index contributed by atoms with van der Waals surface area (Å²) in [6, 6.07) is 0. The van der Waals surface area contributed by atoms with Gasteiger partial charge >= 0.3 is 0 Å². The summed E-state index contributed by atoms with van der Waals surface area (Å²) in [6.45, 7) is 0. The van der Waals surface area contributed by atoms with E-state index in [0.29, 0.717) is 0 Å². The molecular formula is C6H11N3S. The molecule has 0 saturated heterocycles. The summed E-state index contributed by atoms with van der Waals surface area (Å²) in [4.78, 5) is 4.16. The van der Waals surface area contributed by atoms with Gasteiger partial charge in [-0.3, -0.25) is 10.0 Å². The number of nitrogens with zero attached hydrogens (tertiary/aromatic N) is 3. The lowest BCUT2D eigenvalue weighted by molar-refractivity contribution is 0.177. The molecule has 0 bridgehead atoms. The van der Waals surface area contributed by atoms with Crippen LogP contribution in [0.3, 0.4) is 0 Å². The first kappa shape index (κ1) is 7.47. The zero-order chi connectivity index (χ0) is 7.56. The summed E-state index contributed by atoms with van der Waals surface area (Å²) in [5, 5.41) is 4.94. The molecule has 0 aliphatic carbocycles. The van der Waals surface area contributed by atoms with Crippen LogP contribution in [-0.4, -0.2) is 36.7 Å². The standard InChI is InChI=1S/C6H11N3S/c1-8-4-6(10-3)7-5-9(8)2/h4-5H,1-3H3. The van der Waals surface area contributed by atoms with Crippen LogP contribution in [0, 0.1) is 0 Å². The lowest BCUT2D eigenvalue weighted by atomic mass is 10.7. The smallest absolute Gasteiger partial charge is 0.115 e. The minimum absolute atomic E-state index is 1.04. The molecular weight excluding hydrogens is 146 g/mol. The molecule has 56 valence electrons. The number of thioether (sulfide) groups is 1. The Morgan fingerprint density at radius 3 is 2.60 bits per heavy atom. The van der Waals surface area contributed by atoms with Gasteiger partial charge in [-0.2, -0.15) is 0 Å². The molecule has 3 nitrogen and oxygen atoms in total. The fourth-order valence-electron chi connectivity index (χ4n) is 0.612. The fraction of sp³-hybridized carbons (Fsp3) is 0.500. The lowest BCUT2D eigenvalue weighted by Crippen LogP contribution is -2.33. The van der Waals surface area contributed by atoms with Gasteiger partial charge in [0.05, 0.1) is 6.20 Å². The summed E-state index contributed by atoms with van der Waals surface area (Å²) in [6.07, 6.45) is 5.80. The van der Waals surface area contributed by atoms with Crippen molar-refractivity contribution in [2.75, 3.05) is 20.4 Å². The molecule has 0 N–H and O–H groups in total. The van der Waals surface area contributed by atoms with Crippen molar-refractivity contribution < 1.29 is 0 Å². The maximum Gasteiger partial charge on any atom is 0.115 e. The molecule has 0 aromatic carbocycles. The maximum atomic E-state index is 4.16. The van der Waals surface area contributed by atoms with Crippen molar-refractivity contribution in [3.05, 3.63) is 11.2 Å². The first-order valence-corrected chi connectivity index (χ1v) is 4.22. The summed E-state index contributed by atoms with van der Waals surface area (Å²) in [5.74, 6) is 0. The van der Waals surface area contributed by atoms with Crippen LogP contribution < -0.4 is 0 Å². The summed E-state index contributed by atoms with van der Waals surface area (Å²) >= 11 is 1.65. The van der Waals surface area contributed by atoms with Gasteiger partial charge in [-0.15, -0.1) is 11.8 Å². The molecule has 0 amide bonds. The Kier molecular flexibility index (Phi) is 2.21. The first-order chi connectivity index (χ1) is 4.74. The molecule has 1 aliphatic heterocycles. The maximum absolute atomic E-state index is 4.16. The van der Waals surface area contributed by atoms with Crippen LogP contribution in [0.15, 0.2) is 16.2 Å². The summed E-state index contributed by atoms with van der Waals surface area (Å²) in [5.41, 5.74) is 0. The first-order valence-electron chi connectivity index (χ1n) is 2.99. The Morgan fingerprint density at radius 2 is 2.10 bits per heavy atom. The molecule has 0 unspecified atom stereocenters. The van der Waals surface area contributed by atoms with Crippen molar-refractivity contribution >= 4 is 18.1 Å². The quantitative estimate of drug-likeness (QED) is 0.565. The van der Waals surface area contributed by atoms with Crippen LogP contribution in [0.2, 0.25) is 0 Å². The average molecular weight is 157 g/mol. The second-order valence-corrected chi connectivity index (χ2v) is 2.89. The third-order valence-electron chi connectivity index (χ3n) is 1.36. The van der Waals surface area contributed by atoms with E-state index in [9.17, 15) is 0 Å². The van der Waals surface area contributed by atoms with Crippen molar-refractivity contribution in [3.63, 3.8) is 0 Å². The number of rotatable bonds is 1. The van der Waals surface area contributed by atoms with E-state index in [1.807, 2.05) is 36.6 Å². The second kappa shape index (κ2) is 2.96. The SMILES string of the molecule is CSC1=CN(C)N(C)C=N1. The predicted octanol–water partition coefficient (Wildman–Crippen LogP) is 0.969. The lowest BCUT2D eigenvalue weighted by Gasteiger charge is -2.27. The second-order valence-electron chi connectivity index (χ2n) is 2.06. The molecule has 0 fully saturated rings. The predicted molar refractivity (Wildman–Crippen MR) is 45.6 cm³/mol. The fourth-order valence-corrected chi connectivity index (χ4v) is 1.02. The van der Waals surface area contributed by atoms with Gasteiger partial charge in [-0.1, -0.05) is 0 Å². The Balaban J connectivity index is 2.66. The number of hydrogen-bond acceptors (Lipinski definition) is 4. The van der Waals surface area contributed by atoms with Crippen LogP contribution in [0.5, 0.6) is 0 Å². The zero-order valence-electron chi connectivity index (χ0n) is 6.40. The number of aliphatic imine (C=N–C) groups is 1. The Bertz CT molecular complexity index is 176. The zero-order valence-corrected chi connectivity index (χ0v) is 7.22. The molecule has 0 saturated carbocycles. The molecule has 0 radical (unpaired) electrons. The molecule has 1 heterocycles. The highest BCUT2D eigenvalue weighted by atomic mass is 32.2. The Hall–Kier alpha value is -0.640. The highest BCUT2D eigenvalue weighted by Crippen LogP contribution is 2.16. The van der Waals surface area contributed by atoms with Crippen LogP contribution in [0.1, 0.15) is 0 Å². The van der Waals surface area contributed by atoms with Crippen LogP contribution in [0.4, 0.5) is 0 Å². The number of hydrogen-bond donors (Lipinski definition) is 0. The van der Waals surface area contributed by atoms with E-state index >= 15 is 0 Å². The van der Waals surface area contributed by atoms with E-state index in [1.54, 1.807) is 18.1 Å². The van der Waals surface area contributed by atoms with Crippen molar-refractivity contribution in [3.8, 4) is 0 Å². The van der Waals surface area contributed by atoms with Gasteiger partial charge in [-0.25, -0.2) is 4.99 Å². The largest absolute Gasteiger partial charge is 0.292 e. The minimum Gasteiger partial charge on any atom is -0.292 e. The summed E-state index contributed by atoms with van der Waals surface area (Å²) < 4.78 is 0. The van der Waals surface area contributed by atoms with Gasteiger partial charge in [0.1, 0.15) is 11.4 Å². The van der Waals surface area contributed by atoms with Gasteiger partial charge < -0.3 is 0 Å². The van der Waals surface area contributed by atoms with Gasteiger partial charge in [0, 0.05) is 14.1 Å². The van der Waals surface area contributed by atoms with Crippen LogP contribution in [-0.2, 0) is 0 Å². The monoisotopic (exact) mass is 157 g/mol. The van der Waals surface area contributed by atoms with Crippen molar-refractivity contribution in [2.45, 2.75) is 0 Å². The normalized spacial score (nSPS) is 17.7. The van der Waals surface area contributed by atoms with Gasteiger partial charge in [0.25, 0.3) is 0 Å². The van der Waals surface area contributed by atoms with Crippen LogP contribution in [0.25, 0.3) is 0 Å². The van der Waals surface area contributed by atoms with Gasteiger partial charge in [0.2, 0.25) is 0 Å².